The molecule has 5 nitrogen and oxygen atoms in total. The second kappa shape index (κ2) is 12.3. The van der Waals surface area contributed by atoms with Gasteiger partial charge in [0.15, 0.2) is 0 Å². The normalized spacial score (nSPS) is 22.1. The van der Waals surface area contributed by atoms with Gasteiger partial charge in [-0.15, -0.1) is 11.8 Å². The maximum atomic E-state index is 13.8. The molecule has 3 aromatic rings. The lowest BCUT2D eigenvalue weighted by atomic mass is 9.92. The standard InChI is InChI=1S/C34H36ClN3O2S/c1-24-6-2-3-7-27(24)23-38-30-8-4-5-9-31(30)41-32(34(38)40)22-25-10-12-26(13-11-25)33(39)37-20-18-36(19-21-37)29-16-14-28(35)15-17-29/h2-3,6-7,10-17,22,30-31H,4-5,8-9,18-21,23H2,1H3/b32-22+. The summed E-state index contributed by atoms with van der Waals surface area (Å²) >= 11 is 7.78. The van der Waals surface area contributed by atoms with E-state index in [2.05, 4.69) is 41.0 Å². The first-order chi connectivity index (χ1) is 20.0. The molecule has 0 radical (unpaired) electrons. The van der Waals surface area contributed by atoms with Gasteiger partial charge in [0.05, 0.1) is 4.91 Å². The molecule has 2 unspecified atom stereocenters. The molecule has 3 fully saturated rings. The van der Waals surface area contributed by atoms with E-state index in [0.717, 1.165) is 47.1 Å². The molecule has 7 heteroatoms. The molecule has 3 aromatic carbocycles. The number of hydrogen-bond donors (Lipinski definition) is 0. The van der Waals surface area contributed by atoms with E-state index in [9.17, 15) is 9.59 Å². The number of fused-ring (bicyclic) bond motifs is 1. The summed E-state index contributed by atoms with van der Waals surface area (Å²) in [6.45, 7) is 5.71. The first-order valence-corrected chi connectivity index (χ1v) is 15.9. The van der Waals surface area contributed by atoms with Crippen LogP contribution in [0.2, 0.25) is 5.02 Å². The van der Waals surface area contributed by atoms with Gasteiger partial charge in [0.2, 0.25) is 0 Å². The quantitative estimate of drug-likeness (QED) is 0.301. The van der Waals surface area contributed by atoms with Gasteiger partial charge in [-0.2, -0.15) is 0 Å². The summed E-state index contributed by atoms with van der Waals surface area (Å²) in [5, 5.41) is 1.16. The van der Waals surface area contributed by atoms with E-state index in [1.54, 1.807) is 11.8 Å². The Morgan fingerprint density at radius 3 is 2.37 bits per heavy atom. The Labute approximate surface area is 252 Å². The Bertz CT molecular complexity index is 1430. The second-order valence-electron chi connectivity index (χ2n) is 11.3. The maximum absolute atomic E-state index is 13.8. The monoisotopic (exact) mass is 585 g/mol. The fourth-order valence-corrected chi connectivity index (χ4v) is 7.81. The number of halogens is 1. The van der Waals surface area contributed by atoms with Crippen LogP contribution in [0.15, 0.2) is 77.7 Å². The van der Waals surface area contributed by atoms with Crippen LogP contribution in [-0.2, 0) is 11.3 Å². The average Bonchev–Trinajstić information content (AvgIpc) is 3.01. The predicted octanol–water partition coefficient (Wildman–Crippen LogP) is 7.04. The van der Waals surface area contributed by atoms with Gasteiger partial charge in [0.1, 0.15) is 0 Å². The largest absolute Gasteiger partial charge is 0.368 e. The molecule has 0 bridgehead atoms. The average molecular weight is 586 g/mol. The van der Waals surface area contributed by atoms with Gasteiger partial charge in [0, 0.05) is 60.3 Å². The van der Waals surface area contributed by atoms with Crippen LogP contribution in [-0.4, -0.2) is 59.1 Å². The molecular formula is C34H36ClN3O2S. The lowest BCUT2D eigenvalue weighted by molar-refractivity contribution is -0.130. The zero-order valence-electron chi connectivity index (χ0n) is 23.5. The van der Waals surface area contributed by atoms with Crippen molar-refractivity contribution >= 4 is 46.9 Å². The lowest BCUT2D eigenvalue weighted by Gasteiger charge is -2.44. The second-order valence-corrected chi connectivity index (χ2v) is 13.0. The van der Waals surface area contributed by atoms with Crippen LogP contribution in [0.4, 0.5) is 5.69 Å². The smallest absolute Gasteiger partial charge is 0.260 e. The van der Waals surface area contributed by atoms with Crippen LogP contribution in [0.25, 0.3) is 6.08 Å². The summed E-state index contributed by atoms with van der Waals surface area (Å²) < 4.78 is 0. The highest BCUT2D eigenvalue weighted by molar-refractivity contribution is 8.04. The van der Waals surface area contributed by atoms with Gasteiger partial charge in [-0.3, -0.25) is 9.59 Å². The van der Waals surface area contributed by atoms with Gasteiger partial charge >= 0.3 is 0 Å². The van der Waals surface area contributed by atoms with Gasteiger partial charge in [-0.1, -0.05) is 60.8 Å². The van der Waals surface area contributed by atoms with Crippen LogP contribution in [0.1, 0.15) is 52.7 Å². The van der Waals surface area contributed by atoms with E-state index >= 15 is 0 Å². The fraction of sp³-hybridized carbons (Fsp3) is 0.353. The zero-order valence-corrected chi connectivity index (χ0v) is 25.0. The van der Waals surface area contributed by atoms with Crippen LogP contribution in [0.5, 0.6) is 0 Å². The molecule has 0 N–H and O–H groups in total. The highest BCUT2D eigenvalue weighted by Crippen LogP contribution is 2.43. The molecule has 1 saturated carbocycles. The number of piperazine rings is 1. The van der Waals surface area contributed by atoms with Crippen molar-refractivity contribution in [2.75, 3.05) is 31.1 Å². The molecule has 2 heterocycles. The summed E-state index contributed by atoms with van der Waals surface area (Å²) in [6.07, 6.45) is 6.64. The molecule has 3 aliphatic rings. The third-order valence-corrected chi connectivity index (χ3v) is 10.3. The number of carbonyl (C=O) groups excluding carboxylic acids is 2. The van der Waals surface area contributed by atoms with Crippen molar-refractivity contribution < 1.29 is 9.59 Å². The summed E-state index contributed by atoms with van der Waals surface area (Å²) in [6, 6.07) is 24.2. The van der Waals surface area contributed by atoms with Gasteiger partial charge in [-0.25, -0.2) is 0 Å². The Hall–Kier alpha value is -3.22. The van der Waals surface area contributed by atoms with E-state index in [1.165, 1.54) is 24.0 Å². The summed E-state index contributed by atoms with van der Waals surface area (Å²) in [5.41, 5.74) is 5.21. The number of amides is 2. The number of nitrogens with zero attached hydrogens (tertiary/aromatic N) is 3. The highest BCUT2D eigenvalue weighted by Gasteiger charge is 2.40. The molecule has 2 aliphatic heterocycles. The van der Waals surface area contributed by atoms with Crippen LogP contribution in [0.3, 0.4) is 0 Å². The number of anilines is 1. The van der Waals surface area contributed by atoms with Crippen molar-refractivity contribution in [1.82, 2.24) is 9.80 Å². The summed E-state index contributed by atoms with van der Waals surface area (Å²) in [4.78, 5) is 34.2. The first-order valence-electron chi connectivity index (χ1n) is 14.6. The fourth-order valence-electron chi connectivity index (χ4n) is 6.21. The Morgan fingerprint density at radius 1 is 0.927 bits per heavy atom. The molecule has 2 saturated heterocycles. The Kier molecular flexibility index (Phi) is 8.40. The Balaban J connectivity index is 1.13. The molecule has 212 valence electrons. The van der Waals surface area contributed by atoms with E-state index in [1.807, 2.05) is 59.5 Å². The molecular weight excluding hydrogens is 550 g/mol. The topological polar surface area (TPSA) is 43.9 Å². The minimum atomic E-state index is 0.0533. The van der Waals surface area contributed by atoms with Gasteiger partial charge in [0.25, 0.3) is 11.8 Å². The van der Waals surface area contributed by atoms with Crippen molar-refractivity contribution in [1.29, 1.82) is 0 Å². The number of hydrogen-bond acceptors (Lipinski definition) is 4. The molecule has 6 rings (SSSR count). The van der Waals surface area contributed by atoms with Gasteiger partial charge < -0.3 is 14.7 Å². The third-order valence-electron chi connectivity index (χ3n) is 8.63. The molecule has 41 heavy (non-hydrogen) atoms. The van der Waals surface area contributed by atoms with Crippen molar-refractivity contribution in [2.45, 2.75) is 50.4 Å². The predicted molar refractivity (Wildman–Crippen MR) is 169 cm³/mol. The van der Waals surface area contributed by atoms with Crippen LogP contribution >= 0.6 is 23.4 Å². The van der Waals surface area contributed by atoms with Crippen LogP contribution < -0.4 is 4.90 Å². The molecule has 2 atom stereocenters. The van der Waals surface area contributed by atoms with Gasteiger partial charge in [-0.05, 0) is 78.9 Å². The summed E-state index contributed by atoms with van der Waals surface area (Å²) in [5.74, 6) is 0.178. The minimum absolute atomic E-state index is 0.0533. The lowest BCUT2D eigenvalue weighted by Crippen LogP contribution is -2.50. The SMILES string of the molecule is Cc1ccccc1CN1C(=O)/C(=C\c2ccc(C(=O)N3CCN(c4ccc(Cl)cc4)CC3)cc2)SC2CCCCC21. The van der Waals surface area contributed by atoms with Crippen LogP contribution in [0, 0.1) is 6.92 Å². The zero-order chi connectivity index (χ0) is 28.3. The van der Waals surface area contributed by atoms with Crippen molar-refractivity contribution in [3.05, 3.63) is 105 Å². The molecule has 0 aromatic heterocycles. The van der Waals surface area contributed by atoms with E-state index < -0.39 is 0 Å². The van der Waals surface area contributed by atoms with E-state index in [4.69, 9.17) is 11.6 Å². The number of carbonyl (C=O) groups is 2. The van der Waals surface area contributed by atoms with Crippen molar-refractivity contribution in [3.63, 3.8) is 0 Å². The Morgan fingerprint density at radius 2 is 1.63 bits per heavy atom. The van der Waals surface area contributed by atoms with E-state index in [-0.39, 0.29) is 17.9 Å². The molecule has 2 amide bonds. The number of rotatable bonds is 5. The first kappa shape index (κ1) is 27.9. The maximum Gasteiger partial charge on any atom is 0.260 e. The van der Waals surface area contributed by atoms with E-state index in [0.29, 0.717) is 30.4 Å². The summed E-state index contributed by atoms with van der Waals surface area (Å²) in [7, 11) is 0. The highest BCUT2D eigenvalue weighted by atomic mass is 35.5. The minimum Gasteiger partial charge on any atom is -0.368 e. The number of benzene rings is 3. The van der Waals surface area contributed by atoms with Crippen molar-refractivity contribution in [3.8, 4) is 0 Å². The molecule has 0 spiro atoms. The van der Waals surface area contributed by atoms with Crippen molar-refractivity contribution in [2.24, 2.45) is 0 Å². The number of thioether (sulfide) groups is 1. The third kappa shape index (κ3) is 6.19. The number of aryl methyl sites for hydroxylation is 1. The molecule has 1 aliphatic carbocycles.